The highest BCUT2D eigenvalue weighted by molar-refractivity contribution is 5.76. The number of rotatable bonds is 5. The standard InChI is InChI=1S/C12H14O4/c1-9(10-5-3-2-4-6-10)16-12(15)8-7-11(13)14/h2-6,9H,7-8H2,1H3,(H,13,14)/t9-/m1/s1. The lowest BCUT2D eigenvalue weighted by Crippen LogP contribution is -2.10. The van der Waals surface area contributed by atoms with Crippen molar-refractivity contribution in [2.24, 2.45) is 0 Å². The second-order valence-electron chi connectivity index (χ2n) is 3.44. The minimum atomic E-state index is -0.996. The molecule has 0 saturated heterocycles. The van der Waals surface area contributed by atoms with Gasteiger partial charge in [0.25, 0.3) is 0 Å². The normalized spacial score (nSPS) is 11.8. The summed E-state index contributed by atoms with van der Waals surface area (Å²) in [6, 6.07) is 9.31. The molecular weight excluding hydrogens is 208 g/mol. The highest BCUT2D eigenvalue weighted by Gasteiger charge is 2.12. The van der Waals surface area contributed by atoms with Gasteiger partial charge in [-0.2, -0.15) is 0 Å². The van der Waals surface area contributed by atoms with Crippen molar-refractivity contribution in [3.8, 4) is 0 Å². The number of carbonyl (C=O) groups is 2. The maximum absolute atomic E-state index is 11.2. The molecule has 1 aromatic rings. The fraction of sp³-hybridized carbons (Fsp3) is 0.333. The summed E-state index contributed by atoms with van der Waals surface area (Å²) in [5.41, 5.74) is 0.895. The molecule has 86 valence electrons. The lowest BCUT2D eigenvalue weighted by atomic mass is 10.1. The number of carboxylic acids is 1. The first-order valence-corrected chi connectivity index (χ1v) is 5.06. The molecule has 0 aliphatic heterocycles. The van der Waals surface area contributed by atoms with E-state index in [0.717, 1.165) is 5.56 Å². The van der Waals surface area contributed by atoms with Crippen molar-refractivity contribution in [1.82, 2.24) is 0 Å². The van der Waals surface area contributed by atoms with Gasteiger partial charge in [0, 0.05) is 0 Å². The molecule has 16 heavy (non-hydrogen) atoms. The molecule has 4 nitrogen and oxygen atoms in total. The summed E-state index contributed by atoms with van der Waals surface area (Å²) in [7, 11) is 0. The summed E-state index contributed by atoms with van der Waals surface area (Å²) in [5.74, 6) is -1.48. The summed E-state index contributed by atoms with van der Waals surface area (Å²) < 4.78 is 5.08. The van der Waals surface area contributed by atoms with Gasteiger partial charge in [-0.15, -0.1) is 0 Å². The Morgan fingerprint density at radius 3 is 2.44 bits per heavy atom. The highest BCUT2D eigenvalue weighted by atomic mass is 16.5. The minimum absolute atomic E-state index is 0.0908. The van der Waals surface area contributed by atoms with E-state index in [1.165, 1.54) is 0 Å². The Morgan fingerprint density at radius 2 is 1.88 bits per heavy atom. The molecule has 0 heterocycles. The van der Waals surface area contributed by atoms with Crippen molar-refractivity contribution >= 4 is 11.9 Å². The van der Waals surface area contributed by atoms with Crippen LogP contribution in [0.15, 0.2) is 30.3 Å². The molecule has 0 saturated carbocycles. The smallest absolute Gasteiger partial charge is 0.306 e. The molecule has 1 atom stereocenters. The molecule has 0 aliphatic rings. The van der Waals surface area contributed by atoms with Crippen LogP contribution in [0.3, 0.4) is 0 Å². The van der Waals surface area contributed by atoms with E-state index in [-0.39, 0.29) is 18.9 Å². The van der Waals surface area contributed by atoms with E-state index in [2.05, 4.69) is 0 Å². The molecule has 0 aliphatic carbocycles. The first-order valence-electron chi connectivity index (χ1n) is 5.06. The van der Waals surface area contributed by atoms with E-state index in [1.54, 1.807) is 6.92 Å². The molecule has 0 fully saturated rings. The summed E-state index contributed by atoms with van der Waals surface area (Å²) in [6.45, 7) is 1.76. The van der Waals surface area contributed by atoms with Crippen molar-refractivity contribution in [3.05, 3.63) is 35.9 Å². The topological polar surface area (TPSA) is 63.6 Å². The van der Waals surface area contributed by atoms with Crippen LogP contribution in [0.1, 0.15) is 31.4 Å². The molecular formula is C12H14O4. The Labute approximate surface area is 93.9 Å². The van der Waals surface area contributed by atoms with Gasteiger partial charge in [-0.25, -0.2) is 0 Å². The Hall–Kier alpha value is -1.84. The molecule has 1 rings (SSSR count). The van der Waals surface area contributed by atoms with Gasteiger partial charge in [0.1, 0.15) is 6.10 Å². The molecule has 0 unspecified atom stereocenters. The van der Waals surface area contributed by atoms with E-state index in [1.807, 2.05) is 30.3 Å². The summed E-state index contributed by atoms with van der Waals surface area (Å²) in [4.78, 5) is 21.5. The van der Waals surface area contributed by atoms with Gasteiger partial charge in [-0.3, -0.25) is 9.59 Å². The van der Waals surface area contributed by atoms with Gasteiger partial charge < -0.3 is 9.84 Å². The quantitative estimate of drug-likeness (QED) is 0.775. The van der Waals surface area contributed by atoms with Crippen LogP contribution in [0, 0.1) is 0 Å². The first-order chi connectivity index (χ1) is 7.59. The zero-order valence-electron chi connectivity index (χ0n) is 9.05. The molecule has 0 radical (unpaired) electrons. The Bertz CT molecular complexity index is 359. The second-order valence-corrected chi connectivity index (χ2v) is 3.44. The van der Waals surface area contributed by atoms with Crippen LogP contribution < -0.4 is 0 Å². The van der Waals surface area contributed by atoms with E-state index < -0.39 is 11.9 Å². The molecule has 4 heteroatoms. The summed E-state index contributed by atoms with van der Waals surface area (Å²) in [5, 5.41) is 8.41. The van der Waals surface area contributed by atoms with Crippen LogP contribution in [-0.4, -0.2) is 17.0 Å². The predicted octanol–water partition coefficient (Wildman–Crippen LogP) is 2.16. The Morgan fingerprint density at radius 1 is 1.25 bits per heavy atom. The Kier molecular flexibility index (Phi) is 4.51. The van der Waals surface area contributed by atoms with Crippen LogP contribution in [0.25, 0.3) is 0 Å². The number of carboxylic acid groups (broad SMARTS) is 1. The van der Waals surface area contributed by atoms with E-state index >= 15 is 0 Å². The molecule has 0 bridgehead atoms. The SMILES string of the molecule is C[C@@H](OC(=O)CCC(=O)O)c1ccccc1. The van der Waals surface area contributed by atoms with Gasteiger partial charge in [-0.05, 0) is 12.5 Å². The first kappa shape index (κ1) is 12.2. The summed E-state index contributed by atoms with van der Waals surface area (Å²) in [6.07, 6.45) is -0.630. The average Bonchev–Trinajstić information content (AvgIpc) is 2.27. The lowest BCUT2D eigenvalue weighted by molar-refractivity contribution is -0.151. The fourth-order valence-corrected chi connectivity index (χ4v) is 1.26. The highest BCUT2D eigenvalue weighted by Crippen LogP contribution is 2.16. The maximum Gasteiger partial charge on any atom is 0.306 e. The van der Waals surface area contributed by atoms with Gasteiger partial charge in [-0.1, -0.05) is 30.3 Å². The molecule has 0 spiro atoms. The minimum Gasteiger partial charge on any atom is -0.481 e. The number of ether oxygens (including phenoxy) is 1. The van der Waals surface area contributed by atoms with Gasteiger partial charge in [0.15, 0.2) is 0 Å². The third-order valence-electron chi connectivity index (χ3n) is 2.12. The number of carbonyl (C=O) groups excluding carboxylic acids is 1. The zero-order valence-corrected chi connectivity index (χ0v) is 9.05. The molecule has 0 amide bonds. The van der Waals surface area contributed by atoms with Crippen LogP contribution in [0.4, 0.5) is 0 Å². The maximum atomic E-state index is 11.2. The van der Waals surface area contributed by atoms with Crippen LogP contribution in [0.2, 0.25) is 0 Å². The van der Waals surface area contributed by atoms with Crippen molar-refractivity contribution < 1.29 is 19.4 Å². The van der Waals surface area contributed by atoms with Crippen LogP contribution in [0.5, 0.6) is 0 Å². The number of esters is 1. The van der Waals surface area contributed by atoms with Crippen molar-refractivity contribution in [1.29, 1.82) is 0 Å². The van der Waals surface area contributed by atoms with E-state index in [9.17, 15) is 9.59 Å². The van der Waals surface area contributed by atoms with Gasteiger partial charge in [0.05, 0.1) is 12.8 Å². The fourth-order valence-electron chi connectivity index (χ4n) is 1.26. The molecule has 1 N–H and O–H groups in total. The van der Waals surface area contributed by atoms with E-state index in [4.69, 9.17) is 9.84 Å². The monoisotopic (exact) mass is 222 g/mol. The number of hydrogen-bond donors (Lipinski definition) is 1. The van der Waals surface area contributed by atoms with Gasteiger partial charge in [0.2, 0.25) is 0 Å². The molecule has 1 aromatic carbocycles. The third kappa shape index (κ3) is 4.13. The van der Waals surface area contributed by atoms with Crippen LogP contribution >= 0.6 is 0 Å². The third-order valence-corrected chi connectivity index (χ3v) is 2.12. The Balaban J connectivity index is 2.43. The predicted molar refractivity (Wildman–Crippen MR) is 57.8 cm³/mol. The number of benzene rings is 1. The lowest BCUT2D eigenvalue weighted by Gasteiger charge is -2.12. The number of aliphatic carboxylic acids is 1. The second kappa shape index (κ2) is 5.90. The summed E-state index contributed by atoms with van der Waals surface area (Å²) >= 11 is 0. The van der Waals surface area contributed by atoms with Crippen molar-refractivity contribution in [3.63, 3.8) is 0 Å². The van der Waals surface area contributed by atoms with Crippen molar-refractivity contribution in [2.75, 3.05) is 0 Å². The number of hydrogen-bond acceptors (Lipinski definition) is 3. The molecule has 0 aromatic heterocycles. The zero-order chi connectivity index (χ0) is 12.0. The van der Waals surface area contributed by atoms with E-state index in [0.29, 0.717) is 0 Å². The van der Waals surface area contributed by atoms with Gasteiger partial charge >= 0.3 is 11.9 Å². The largest absolute Gasteiger partial charge is 0.481 e. The average molecular weight is 222 g/mol. The van der Waals surface area contributed by atoms with Crippen LogP contribution in [-0.2, 0) is 14.3 Å². The van der Waals surface area contributed by atoms with Crippen molar-refractivity contribution in [2.45, 2.75) is 25.9 Å².